The van der Waals surface area contributed by atoms with Crippen LogP contribution in [0.2, 0.25) is 0 Å². The van der Waals surface area contributed by atoms with E-state index in [-0.39, 0.29) is 35.7 Å². The SMILES string of the molecule is Nc1cc(C(=O)Nc2cccc(CNc3ccccc3)c2F)ccc1OC=O. The highest BCUT2D eigenvalue weighted by Crippen LogP contribution is 2.24. The van der Waals surface area contributed by atoms with E-state index in [0.717, 1.165) is 5.69 Å². The topological polar surface area (TPSA) is 93.5 Å². The molecule has 0 aliphatic carbocycles. The Labute approximate surface area is 161 Å². The van der Waals surface area contributed by atoms with Crippen LogP contribution in [0.5, 0.6) is 5.75 Å². The molecule has 28 heavy (non-hydrogen) atoms. The molecule has 0 heterocycles. The lowest BCUT2D eigenvalue weighted by molar-refractivity contribution is -0.120. The third-order valence-electron chi connectivity index (χ3n) is 4.03. The third-order valence-corrected chi connectivity index (χ3v) is 4.03. The predicted octanol–water partition coefficient (Wildman–Crippen LogP) is 3.81. The fraction of sp³-hybridized carbons (Fsp3) is 0.0476. The van der Waals surface area contributed by atoms with Crippen LogP contribution >= 0.6 is 0 Å². The summed E-state index contributed by atoms with van der Waals surface area (Å²) in [6.07, 6.45) is 0. The highest BCUT2D eigenvalue weighted by Gasteiger charge is 2.14. The maximum Gasteiger partial charge on any atom is 0.298 e. The Hall–Kier alpha value is -3.87. The van der Waals surface area contributed by atoms with E-state index >= 15 is 0 Å². The first kappa shape index (κ1) is 18.9. The van der Waals surface area contributed by atoms with Crippen LogP contribution in [0.4, 0.5) is 21.5 Å². The van der Waals surface area contributed by atoms with Crippen molar-refractivity contribution in [2.24, 2.45) is 0 Å². The van der Waals surface area contributed by atoms with Gasteiger partial charge in [-0.05, 0) is 36.4 Å². The molecule has 1 amide bonds. The molecule has 0 saturated heterocycles. The normalized spacial score (nSPS) is 10.2. The number of nitrogen functional groups attached to an aromatic ring is 1. The van der Waals surface area contributed by atoms with Gasteiger partial charge < -0.3 is 21.1 Å². The monoisotopic (exact) mass is 379 g/mol. The first-order chi connectivity index (χ1) is 13.6. The number of anilines is 3. The van der Waals surface area contributed by atoms with Gasteiger partial charge in [0.15, 0.2) is 11.6 Å². The van der Waals surface area contributed by atoms with Crippen molar-refractivity contribution in [3.05, 3.63) is 83.7 Å². The molecule has 7 heteroatoms. The maximum absolute atomic E-state index is 14.8. The molecule has 0 atom stereocenters. The van der Waals surface area contributed by atoms with Crippen molar-refractivity contribution in [1.29, 1.82) is 0 Å². The fourth-order valence-electron chi connectivity index (χ4n) is 2.61. The number of rotatable bonds is 7. The Morgan fingerprint density at radius 1 is 1.07 bits per heavy atom. The quantitative estimate of drug-likeness (QED) is 0.429. The minimum absolute atomic E-state index is 0.0594. The summed E-state index contributed by atoms with van der Waals surface area (Å²) in [5, 5.41) is 5.66. The van der Waals surface area contributed by atoms with Crippen molar-refractivity contribution >= 4 is 29.4 Å². The molecule has 3 aromatic rings. The Morgan fingerprint density at radius 3 is 2.57 bits per heavy atom. The van der Waals surface area contributed by atoms with Gasteiger partial charge in [0, 0.05) is 23.4 Å². The molecule has 0 saturated carbocycles. The van der Waals surface area contributed by atoms with Gasteiger partial charge in [-0.1, -0.05) is 30.3 Å². The van der Waals surface area contributed by atoms with Gasteiger partial charge in [-0.2, -0.15) is 0 Å². The summed E-state index contributed by atoms with van der Waals surface area (Å²) in [7, 11) is 0. The van der Waals surface area contributed by atoms with E-state index < -0.39 is 11.7 Å². The molecule has 0 fully saturated rings. The number of amides is 1. The lowest BCUT2D eigenvalue weighted by Crippen LogP contribution is -2.14. The molecule has 0 bridgehead atoms. The molecule has 0 unspecified atom stereocenters. The highest BCUT2D eigenvalue weighted by molar-refractivity contribution is 6.05. The summed E-state index contributed by atoms with van der Waals surface area (Å²) >= 11 is 0. The molecular weight excluding hydrogens is 361 g/mol. The molecule has 3 rings (SSSR count). The Morgan fingerprint density at radius 2 is 1.86 bits per heavy atom. The average molecular weight is 379 g/mol. The fourth-order valence-corrected chi connectivity index (χ4v) is 2.61. The van der Waals surface area contributed by atoms with Crippen molar-refractivity contribution < 1.29 is 18.7 Å². The zero-order valence-corrected chi connectivity index (χ0v) is 14.8. The zero-order chi connectivity index (χ0) is 19.9. The van der Waals surface area contributed by atoms with Gasteiger partial charge in [0.25, 0.3) is 12.4 Å². The Kier molecular flexibility index (Phi) is 5.86. The second kappa shape index (κ2) is 8.68. The van der Waals surface area contributed by atoms with Gasteiger partial charge >= 0.3 is 0 Å². The van der Waals surface area contributed by atoms with E-state index in [4.69, 9.17) is 5.73 Å². The van der Waals surface area contributed by atoms with Crippen LogP contribution in [0, 0.1) is 5.82 Å². The minimum Gasteiger partial charge on any atom is -0.427 e. The molecule has 0 aromatic heterocycles. The van der Waals surface area contributed by atoms with Gasteiger partial charge in [0.2, 0.25) is 0 Å². The molecule has 0 spiro atoms. The van der Waals surface area contributed by atoms with Crippen LogP contribution < -0.4 is 21.1 Å². The molecule has 0 aliphatic rings. The number of nitrogens with one attached hydrogen (secondary N) is 2. The predicted molar refractivity (Wildman–Crippen MR) is 106 cm³/mol. The van der Waals surface area contributed by atoms with E-state index in [2.05, 4.69) is 15.4 Å². The van der Waals surface area contributed by atoms with Crippen molar-refractivity contribution in [2.45, 2.75) is 6.54 Å². The van der Waals surface area contributed by atoms with E-state index in [9.17, 15) is 14.0 Å². The van der Waals surface area contributed by atoms with Crippen LogP contribution in [0.25, 0.3) is 0 Å². The van der Waals surface area contributed by atoms with E-state index in [1.165, 1.54) is 24.3 Å². The summed E-state index contributed by atoms with van der Waals surface area (Å²) in [5.74, 6) is -0.906. The van der Waals surface area contributed by atoms with Crippen LogP contribution in [0.1, 0.15) is 15.9 Å². The number of nitrogens with two attached hydrogens (primary N) is 1. The molecular formula is C21H18FN3O3. The molecule has 4 N–H and O–H groups in total. The van der Waals surface area contributed by atoms with E-state index in [1.54, 1.807) is 12.1 Å². The number of hydrogen-bond donors (Lipinski definition) is 3. The van der Waals surface area contributed by atoms with E-state index in [1.807, 2.05) is 30.3 Å². The summed E-state index contributed by atoms with van der Waals surface area (Å²) in [4.78, 5) is 22.8. The number of para-hydroxylation sites is 1. The number of ether oxygens (including phenoxy) is 1. The first-order valence-electron chi connectivity index (χ1n) is 8.46. The average Bonchev–Trinajstić information content (AvgIpc) is 2.71. The molecule has 0 radical (unpaired) electrons. The van der Waals surface area contributed by atoms with Crippen molar-refractivity contribution in [2.75, 3.05) is 16.4 Å². The maximum atomic E-state index is 14.8. The van der Waals surface area contributed by atoms with Crippen LogP contribution in [-0.2, 0) is 11.3 Å². The van der Waals surface area contributed by atoms with Crippen LogP contribution in [0.3, 0.4) is 0 Å². The zero-order valence-electron chi connectivity index (χ0n) is 14.8. The van der Waals surface area contributed by atoms with Crippen molar-refractivity contribution in [3.8, 4) is 5.75 Å². The van der Waals surface area contributed by atoms with Gasteiger partial charge in [-0.3, -0.25) is 9.59 Å². The Bertz CT molecular complexity index is 993. The number of carbonyl (C=O) groups excluding carboxylic acids is 2. The highest BCUT2D eigenvalue weighted by atomic mass is 19.1. The standard InChI is InChI=1S/C21H18FN3O3/c22-20-15(12-24-16-6-2-1-3-7-16)5-4-8-18(20)25-21(27)14-9-10-19(28-13-26)17(23)11-14/h1-11,13,24H,12,23H2,(H,25,27). The van der Waals surface area contributed by atoms with E-state index in [0.29, 0.717) is 5.56 Å². The van der Waals surface area contributed by atoms with Crippen LogP contribution in [0.15, 0.2) is 66.7 Å². The number of hydrogen-bond acceptors (Lipinski definition) is 5. The summed E-state index contributed by atoms with van der Waals surface area (Å²) < 4.78 is 19.4. The van der Waals surface area contributed by atoms with Gasteiger partial charge in [-0.15, -0.1) is 0 Å². The van der Waals surface area contributed by atoms with Gasteiger partial charge in [0.1, 0.15) is 0 Å². The molecule has 0 aliphatic heterocycles. The number of benzene rings is 3. The van der Waals surface area contributed by atoms with Gasteiger partial charge in [0.05, 0.1) is 11.4 Å². The number of halogens is 1. The number of carbonyl (C=O) groups is 2. The Balaban J connectivity index is 1.72. The van der Waals surface area contributed by atoms with Gasteiger partial charge in [-0.25, -0.2) is 4.39 Å². The molecule has 142 valence electrons. The summed E-state index contributed by atoms with van der Waals surface area (Å²) in [6, 6.07) is 18.4. The largest absolute Gasteiger partial charge is 0.427 e. The van der Waals surface area contributed by atoms with Crippen molar-refractivity contribution in [1.82, 2.24) is 0 Å². The molecule has 3 aromatic carbocycles. The molecule has 6 nitrogen and oxygen atoms in total. The minimum atomic E-state index is -0.531. The second-order valence-electron chi connectivity index (χ2n) is 5.92. The first-order valence-corrected chi connectivity index (χ1v) is 8.46. The van der Waals surface area contributed by atoms with Crippen molar-refractivity contribution in [3.63, 3.8) is 0 Å². The smallest absolute Gasteiger partial charge is 0.298 e. The van der Waals surface area contributed by atoms with Crippen LogP contribution in [-0.4, -0.2) is 12.4 Å². The second-order valence-corrected chi connectivity index (χ2v) is 5.92. The lowest BCUT2D eigenvalue weighted by Gasteiger charge is -2.12. The lowest BCUT2D eigenvalue weighted by atomic mass is 10.1. The summed E-state index contributed by atoms with van der Waals surface area (Å²) in [6.45, 7) is 0.514. The summed E-state index contributed by atoms with van der Waals surface area (Å²) in [5.41, 5.74) is 7.42. The third kappa shape index (κ3) is 4.45.